The van der Waals surface area contributed by atoms with E-state index in [1.807, 2.05) is 0 Å². The number of alkyl halides is 1. The van der Waals surface area contributed by atoms with Crippen LogP contribution in [-0.2, 0) is 4.79 Å². The van der Waals surface area contributed by atoms with E-state index in [0.29, 0.717) is 13.1 Å². The van der Waals surface area contributed by atoms with Crippen LogP contribution in [0.25, 0.3) is 0 Å². The van der Waals surface area contributed by atoms with Crippen LogP contribution >= 0.6 is 0 Å². The Morgan fingerprint density at radius 1 is 1.59 bits per heavy atom. The molecule has 0 bridgehead atoms. The molecule has 0 amide bonds. The summed E-state index contributed by atoms with van der Waals surface area (Å²) in [5.74, 6) is -2.04. The van der Waals surface area contributed by atoms with Crippen LogP contribution in [0.2, 0.25) is 0 Å². The molecule has 5 nitrogen and oxygen atoms in total. The first kappa shape index (κ1) is 15.7. The summed E-state index contributed by atoms with van der Waals surface area (Å²) in [6.07, 6.45) is 1.78. The minimum Gasteiger partial charge on any atom is -0.480 e. The van der Waals surface area contributed by atoms with Crippen molar-refractivity contribution in [2.45, 2.75) is 18.4 Å². The maximum absolute atomic E-state index is 13.2. The van der Waals surface area contributed by atoms with Gasteiger partial charge in [0.1, 0.15) is 12.2 Å². The average Bonchev–Trinajstić information content (AvgIpc) is 2.31. The van der Waals surface area contributed by atoms with Gasteiger partial charge in [-0.1, -0.05) is 6.08 Å². The highest BCUT2D eigenvalue weighted by atomic mass is 19.1. The molecule has 0 radical (unpaired) electrons. The summed E-state index contributed by atoms with van der Waals surface area (Å²) in [6.45, 7) is -0.593. The Hall–Kier alpha value is -1.34. The molecule has 0 saturated carbocycles. The van der Waals surface area contributed by atoms with E-state index in [1.165, 1.54) is 0 Å². The van der Waals surface area contributed by atoms with E-state index in [0.717, 1.165) is 12.3 Å². The van der Waals surface area contributed by atoms with Gasteiger partial charge in [0.2, 0.25) is 0 Å². The average molecular weight is 249 g/mol. The summed E-state index contributed by atoms with van der Waals surface area (Å²) in [4.78, 5) is 10.6. The number of halogens is 2. The number of aliphatic carboxylic acids is 1. The standard InChI is InChI=1S/C10H17F2N3O2/c11-7-10(14,9(16)17)3-1-8(12)2-5-15-6-4-13/h1,4,13,15H,2-3,5-7,14H2,(H,16,17)/b8-1+,13-4?/t10-/m1/s1. The molecule has 1 atom stereocenters. The maximum atomic E-state index is 13.2. The molecule has 0 heterocycles. The van der Waals surface area contributed by atoms with Gasteiger partial charge in [-0.25, -0.2) is 8.78 Å². The second-order valence-electron chi connectivity index (χ2n) is 3.61. The van der Waals surface area contributed by atoms with Crippen molar-refractivity contribution in [1.82, 2.24) is 5.32 Å². The predicted octanol–water partition coefficient (Wildman–Crippen LogP) is 0.611. The molecule has 98 valence electrons. The Bertz CT molecular complexity index is 297. The molecule has 0 aromatic rings. The lowest BCUT2D eigenvalue weighted by molar-refractivity contribution is -0.143. The topological polar surface area (TPSA) is 99.2 Å². The SMILES string of the molecule is N=CCNCC/C(F)=C\C[C@@](N)(CF)C(=O)O. The van der Waals surface area contributed by atoms with Crippen molar-refractivity contribution < 1.29 is 18.7 Å². The molecule has 0 rings (SSSR count). The van der Waals surface area contributed by atoms with Crippen LogP contribution < -0.4 is 11.1 Å². The number of nitrogens with one attached hydrogen (secondary N) is 2. The third-order valence-corrected chi connectivity index (χ3v) is 2.14. The molecule has 0 spiro atoms. The fourth-order valence-electron chi connectivity index (χ4n) is 0.976. The Morgan fingerprint density at radius 2 is 2.24 bits per heavy atom. The fourth-order valence-corrected chi connectivity index (χ4v) is 0.976. The van der Waals surface area contributed by atoms with Crippen LogP contribution in [0, 0.1) is 5.41 Å². The second kappa shape index (κ2) is 7.86. The van der Waals surface area contributed by atoms with Crippen molar-refractivity contribution in [2.75, 3.05) is 19.8 Å². The van der Waals surface area contributed by atoms with Crippen molar-refractivity contribution in [3.63, 3.8) is 0 Å². The van der Waals surface area contributed by atoms with Gasteiger partial charge in [0.25, 0.3) is 0 Å². The Balaban J connectivity index is 4.12. The van der Waals surface area contributed by atoms with Crippen molar-refractivity contribution in [2.24, 2.45) is 5.73 Å². The zero-order valence-electron chi connectivity index (χ0n) is 9.38. The van der Waals surface area contributed by atoms with E-state index in [1.54, 1.807) is 0 Å². The summed E-state index contributed by atoms with van der Waals surface area (Å²) >= 11 is 0. The lowest BCUT2D eigenvalue weighted by atomic mass is 9.98. The van der Waals surface area contributed by atoms with E-state index in [4.69, 9.17) is 16.2 Å². The van der Waals surface area contributed by atoms with Gasteiger partial charge in [-0.2, -0.15) is 0 Å². The molecular weight excluding hydrogens is 232 g/mol. The van der Waals surface area contributed by atoms with E-state index >= 15 is 0 Å². The fraction of sp³-hybridized carbons (Fsp3) is 0.600. The zero-order chi connectivity index (χ0) is 13.3. The lowest BCUT2D eigenvalue weighted by Gasteiger charge is -2.18. The molecule has 0 unspecified atom stereocenters. The molecule has 0 aromatic carbocycles. The van der Waals surface area contributed by atoms with Crippen LogP contribution in [0.1, 0.15) is 12.8 Å². The normalized spacial score (nSPS) is 15.4. The number of rotatable bonds is 9. The van der Waals surface area contributed by atoms with Gasteiger partial charge in [0.15, 0.2) is 0 Å². The van der Waals surface area contributed by atoms with E-state index in [9.17, 15) is 13.6 Å². The Labute approximate surface area is 98.2 Å². The van der Waals surface area contributed by atoms with Crippen LogP contribution in [0.3, 0.4) is 0 Å². The van der Waals surface area contributed by atoms with Gasteiger partial charge < -0.3 is 21.6 Å². The number of hydrogen-bond donors (Lipinski definition) is 4. The first-order chi connectivity index (χ1) is 7.96. The summed E-state index contributed by atoms with van der Waals surface area (Å²) in [5.41, 5.74) is 3.18. The molecule has 0 aromatic heterocycles. The number of nitrogens with two attached hydrogens (primary N) is 1. The lowest BCUT2D eigenvalue weighted by Crippen LogP contribution is -2.49. The van der Waals surface area contributed by atoms with Crippen molar-refractivity contribution in [3.05, 3.63) is 11.9 Å². The minimum atomic E-state index is -2.06. The van der Waals surface area contributed by atoms with Gasteiger partial charge in [0, 0.05) is 25.7 Å². The van der Waals surface area contributed by atoms with Crippen molar-refractivity contribution in [1.29, 1.82) is 5.41 Å². The van der Waals surface area contributed by atoms with Gasteiger partial charge in [-0.05, 0) is 6.42 Å². The van der Waals surface area contributed by atoms with Gasteiger partial charge in [-0.3, -0.25) is 4.79 Å². The Kier molecular flexibility index (Phi) is 7.24. The molecule has 0 aliphatic heterocycles. The number of carbonyl (C=O) groups is 1. The van der Waals surface area contributed by atoms with Gasteiger partial charge in [0.05, 0.1) is 5.83 Å². The van der Waals surface area contributed by atoms with E-state index in [2.05, 4.69) is 5.32 Å². The number of hydrogen-bond acceptors (Lipinski definition) is 4. The quantitative estimate of drug-likeness (QED) is 0.355. The molecule has 5 N–H and O–H groups in total. The second-order valence-corrected chi connectivity index (χ2v) is 3.61. The Morgan fingerprint density at radius 3 is 2.71 bits per heavy atom. The highest BCUT2D eigenvalue weighted by Gasteiger charge is 2.33. The summed E-state index contributed by atoms with van der Waals surface area (Å²) in [7, 11) is 0. The first-order valence-electron chi connectivity index (χ1n) is 5.08. The molecule has 17 heavy (non-hydrogen) atoms. The molecule has 0 fully saturated rings. The van der Waals surface area contributed by atoms with Gasteiger partial charge in [-0.15, -0.1) is 0 Å². The molecule has 0 saturated heterocycles. The summed E-state index contributed by atoms with van der Waals surface area (Å²) in [5, 5.41) is 18.1. The molecular formula is C10H17F2N3O2. The monoisotopic (exact) mass is 249 g/mol. The minimum absolute atomic E-state index is 0.0514. The van der Waals surface area contributed by atoms with Crippen LogP contribution in [0.5, 0.6) is 0 Å². The molecule has 0 aliphatic rings. The number of carboxylic acid groups (broad SMARTS) is 1. The molecule has 0 aliphatic carbocycles. The summed E-state index contributed by atoms with van der Waals surface area (Å²) < 4.78 is 25.6. The zero-order valence-corrected chi connectivity index (χ0v) is 9.38. The number of carboxylic acids is 1. The van der Waals surface area contributed by atoms with E-state index in [-0.39, 0.29) is 6.42 Å². The van der Waals surface area contributed by atoms with E-state index < -0.39 is 30.4 Å². The van der Waals surface area contributed by atoms with Crippen molar-refractivity contribution in [3.8, 4) is 0 Å². The van der Waals surface area contributed by atoms with Gasteiger partial charge >= 0.3 is 5.97 Å². The largest absolute Gasteiger partial charge is 0.480 e. The van der Waals surface area contributed by atoms with Crippen LogP contribution in [0.4, 0.5) is 8.78 Å². The van der Waals surface area contributed by atoms with Crippen molar-refractivity contribution >= 4 is 12.2 Å². The first-order valence-corrected chi connectivity index (χ1v) is 5.08. The summed E-state index contributed by atoms with van der Waals surface area (Å²) in [6, 6.07) is 0. The molecule has 7 heteroatoms. The predicted molar refractivity (Wildman–Crippen MR) is 60.6 cm³/mol. The highest BCUT2D eigenvalue weighted by molar-refractivity contribution is 5.78. The smallest absolute Gasteiger partial charge is 0.326 e. The van der Waals surface area contributed by atoms with Crippen LogP contribution in [0.15, 0.2) is 11.9 Å². The highest BCUT2D eigenvalue weighted by Crippen LogP contribution is 2.13. The third kappa shape index (κ3) is 6.08. The third-order valence-electron chi connectivity index (χ3n) is 2.14. The van der Waals surface area contributed by atoms with Crippen LogP contribution in [-0.4, -0.2) is 42.6 Å². The maximum Gasteiger partial charge on any atom is 0.326 e.